The van der Waals surface area contributed by atoms with E-state index in [2.05, 4.69) is 11.4 Å². The minimum Gasteiger partial charge on any atom is -0.350 e. The third kappa shape index (κ3) is 6.97. The number of primary amides is 1. The molecule has 0 bridgehead atoms. The van der Waals surface area contributed by atoms with Crippen LogP contribution < -0.4 is 11.2 Å². The number of nitrogens with two attached hydrogens (primary N) is 1. The molecule has 0 aliphatic rings. The molecule has 0 aromatic carbocycles. The molecule has 3 N–H and O–H groups in total. The molecule has 0 saturated heterocycles. The van der Waals surface area contributed by atoms with Crippen LogP contribution in [0.4, 0.5) is 4.79 Å². The Labute approximate surface area is 60.0 Å². The molecule has 58 valence electrons. The van der Waals surface area contributed by atoms with Crippen LogP contribution in [0.15, 0.2) is 12.7 Å². The first-order valence-electron chi connectivity index (χ1n) is 3.05. The van der Waals surface area contributed by atoms with Crippen LogP contribution in [0, 0.1) is 0 Å². The van der Waals surface area contributed by atoms with Crippen molar-refractivity contribution >= 4 is 6.03 Å². The Morgan fingerprint density at radius 1 is 1.80 bits per heavy atom. The van der Waals surface area contributed by atoms with Crippen LogP contribution in [-0.4, -0.2) is 12.6 Å². The molecular weight excluding hydrogens is 132 g/mol. The van der Waals surface area contributed by atoms with Gasteiger partial charge in [-0.1, -0.05) is 6.08 Å². The first-order chi connectivity index (χ1) is 4.77. The van der Waals surface area contributed by atoms with E-state index in [1.165, 1.54) is 0 Å². The number of rotatable bonds is 5. The number of hydrogen-bond acceptors (Lipinski definition) is 2. The molecule has 0 fully saturated rings. The summed E-state index contributed by atoms with van der Waals surface area (Å²) in [5, 5.41) is 0. The Hall–Kier alpha value is -1.03. The Kier molecular flexibility index (Phi) is 5.47. The molecule has 0 aromatic heterocycles. The normalized spacial score (nSPS) is 8.80. The van der Waals surface area contributed by atoms with E-state index in [0.29, 0.717) is 6.61 Å². The minimum absolute atomic E-state index is 0.467. The number of carbonyl (C=O) groups excluding carboxylic acids is 1. The summed E-state index contributed by atoms with van der Waals surface area (Å²) < 4.78 is 0. The smallest absolute Gasteiger partial charge is 0.336 e. The van der Waals surface area contributed by atoms with E-state index in [0.717, 1.165) is 12.8 Å². The summed E-state index contributed by atoms with van der Waals surface area (Å²) >= 11 is 0. The SMILES string of the molecule is C=CCCCONC(N)=O. The molecule has 2 amide bonds. The van der Waals surface area contributed by atoms with E-state index in [4.69, 9.17) is 5.73 Å². The first-order valence-corrected chi connectivity index (χ1v) is 3.05. The predicted octanol–water partition coefficient (Wildman–Crippen LogP) is 0.553. The van der Waals surface area contributed by atoms with Gasteiger partial charge in [-0.15, -0.1) is 6.58 Å². The van der Waals surface area contributed by atoms with E-state index < -0.39 is 6.03 Å². The molecule has 10 heavy (non-hydrogen) atoms. The zero-order valence-electron chi connectivity index (χ0n) is 5.80. The number of nitrogens with one attached hydrogen (secondary N) is 1. The van der Waals surface area contributed by atoms with Crippen molar-refractivity contribution < 1.29 is 9.63 Å². The van der Waals surface area contributed by atoms with Gasteiger partial charge in [-0.05, 0) is 12.8 Å². The number of unbranched alkanes of at least 4 members (excludes halogenated alkanes) is 1. The predicted molar refractivity (Wildman–Crippen MR) is 38.1 cm³/mol. The highest BCUT2D eigenvalue weighted by Gasteiger charge is 1.88. The van der Waals surface area contributed by atoms with Crippen molar-refractivity contribution in [3.8, 4) is 0 Å². The van der Waals surface area contributed by atoms with Crippen molar-refractivity contribution in [2.45, 2.75) is 12.8 Å². The number of hydrogen-bond donors (Lipinski definition) is 2. The van der Waals surface area contributed by atoms with Gasteiger partial charge in [0.1, 0.15) is 0 Å². The third-order valence-electron chi connectivity index (χ3n) is 0.827. The molecule has 0 aliphatic carbocycles. The summed E-state index contributed by atoms with van der Waals surface area (Å²) in [6.07, 6.45) is 3.50. The zero-order chi connectivity index (χ0) is 7.82. The van der Waals surface area contributed by atoms with Gasteiger partial charge in [-0.25, -0.2) is 10.3 Å². The molecule has 0 heterocycles. The van der Waals surface area contributed by atoms with Crippen molar-refractivity contribution in [3.63, 3.8) is 0 Å². The molecule has 0 radical (unpaired) electrons. The average Bonchev–Trinajstić information content (AvgIpc) is 1.87. The van der Waals surface area contributed by atoms with Crippen molar-refractivity contribution in [2.24, 2.45) is 5.73 Å². The largest absolute Gasteiger partial charge is 0.350 e. The summed E-state index contributed by atoms with van der Waals surface area (Å²) in [7, 11) is 0. The number of amides is 2. The highest BCUT2D eigenvalue weighted by atomic mass is 16.7. The summed E-state index contributed by atoms with van der Waals surface area (Å²) in [5.74, 6) is 0. The van der Waals surface area contributed by atoms with Gasteiger partial charge in [0, 0.05) is 0 Å². The fraction of sp³-hybridized carbons (Fsp3) is 0.500. The van der Waals surface area contributed by atoms with Gasteiger partial charge in [0.15, 0.2) is 0 Å². The minimum atomic E-state index is -0.668. The standard InChI is InChI=1S/C6H12N2O2/c1-2-3-4-5-10-8-6(7)9/h2H,1,3-5H2,(H3,7,8,9). The van der Waals surface area contributed by atoms with Crippen molar-refractivity contribution in [2.75, 3.05) is 6.61 Å². The Balaban J connectivity index is 2.90. The fourth-order valence-electron chi connectivity index (χ4n) is 0.422. The lowest BCUT2D eigenvalue weighted by atomic mass is 10.3. The summed E-state index contributed by atoms with van der Waals surface area (Å²) in [4.78, 5) is 14.6. The maximum absolute atomic E-state index is 10.00. The van der Waals surface area contributed by atoms with E-state index >= 15 is 0 Å². The highest BCUT2D eigenvalue weighted by molar-refractivity contribution is 5.70. The summed E-state index contributed by atoms with van der Waals surface area (Å²) in [6.45, 7) is 3.99. The Morgan fingerprint density at radius 3 is 3.00 bits per heavy atom. The third-order valence-corrected chi connectivity index (χ3v) is 0.827. The van der Waals surface area contributed by atoms with Crippen LogP contribution in [-0.2, 0) is 4.84 Å². The summed E-state index contributed by atoms with van der Waals surface area (Å²) in [5.41, 5.74) is 6.72. The molecule has 4 nitrogen and oxygen atoms in total. The van der Waals surface area contributed by atoms with Gasteiger partial charge in [-0.3, -0.25) is 4.84 Å². The monoisotopic (exact) mass is 144 g/mol. The maximum Gasteiger partial charge on any atom is 0.336 e. The lowest BCUT2D eigenvalue weighted by Crippen LogP contribution is -2.29. The molecule has 4 heteroatoms. The number of carbonyl (C=O) groups is 1. The average molecular weight is 144 g/mol. The van der Waals surface area contributed by atoms with Gasteiger partial charge in [0.05, 0.1) is 6.61 Å². The van der Waals surface area contributed by atoms with Crippen LogP contribution in [0.1, 0.15) is 12.8 Å². The Morgan fingerprint density at radius 2 is 2.50 bits per heavy atom. The van der Waals surface area contributed by atoms with E-state index in [9.17, 15) is 4.79 Å². The first kappa shape index (κ1) is 8.97. The molecule has 0 aromatic rings. The topological polar surface area (TPSA) is 64.3 Å². The van der Waals surface area contributed by atoms with E-state index in [1.807, 2.05) is 5.48 Å². The quantitative estimate of drug-likeness (QED) is 0.336. The molecule has 0 unspecified atom stereocenters. The highest BCUT2D eigenvalue weighted by Crippen LogP contribution is 1.87. The maximum atomic E-state index is 10.00. The van der Waals surface area contributed by atoms with Crippen LogP contribution >= 0.6 is 0 Å². The molecule has 0 aliphatic heterocycles. The van der Waals surface area contributed by atoms with Gasteiger partial charge < -0.3 is 5.73 Å². The van der Waals surface area contributed by atoms with E-state index in [1.54, 1.807) is 6.08 Å². The zero-order valence-corrected chi connectivity index (χ0v) is 5.80. The lowest BCUT2D eigenvalue weighted by Gasteiger charge is -1.99. The lowest BCUT2D eigenvalue weighted by molar-refractivity contribution is 0.0632. The van der Waals surface area contributed by atoms with Crippen LogP contribution in [0.25, 0.3) is 0 Å². The van der Waals surface area contributed by atoms with Crippen molar-refractivity contribution in [1.29, 1.82) is 0 Å². The van der Waals surface area contributed by atoms with Crippen molar-refractivity contribution in [3.05, 3.63) is 12.7 Å². The summed E-state index contributed by atoms with van der Waals surface area (Å²) in [6, 6.07) is -0.668. The molecule has 0 saturated carbocycles. The second-order valence-electron chi connectivity index (χ2n) is 1.75. The molecule has 0 atom stereocenters. The second kappa shape index (κ2) is 6.10. The van der Waals surface area contributed by atoms with Gasteiger partial charge in [0.25, 0.3) is 0 Å². The number of urea groups is 1. The molecular formula is C6H12N2O2. The number of allylic oxidation sites excluding steroid dienone is 1. The number of hydroxylamine groups is 1. The molecule has 0 spiro atoms. The van der Waals surface area contributed by atoms with Gasteiger partial charge >= 0.3 is 6.03 Å². The van der Waals surface area contributed by atoms with Crippen LogP contribution in [0.5, 0.6) is 0 Å². The van der Waals surface area contributed by atoms with E-state index in [-0.39, 0.29) is 0 Å². The van der Waals surface area contributed by atoms with Crippen LogP contribution in [0.2, 0.25) is 0 Å². The van der Waals surface area contributed by atoms with Gasteiger partial charge in [0.2, 0.25) is 0 Å². The molecule has 0 rings (SSSR count). The second-order valence-corrected chi connectivity index (χ2v) is 1.75. The fourth-order valence-corrected chi connectivity index (χ4v) is 0.422. The van der Waals surface area contributed by atoms with Crippen LogP contribution in [0.3, 0.4) is 0 Å². The van der Waals surface area contributed by atoms with Gasteiger partial charge in [-0.2, -0.15) is 0 Å². The Bertz CT molecular complexity index is 114. The van der Waals surface area contributed by atoms with Crippen molar-refractivity contribution in [1.82, 2.24) is 5.48 Å².